The molecule has 0 saturated heterocycles. The van der Waals surface area contributed by atoms with E-state index >= 15 is 0 Å². The molecule has 26 heavy (non-hydrogen) atoms. The van der Waals surface area contributed by atoms with Crippen molar-refractivity contribution in [2.75, 3.05) is 0 Å². The topological polar surface area (TPSA) is 34.4 Å². The predicted octanol–water partition coefficient (Wildman–Crippen LogP) is 5.23. The number of hydrogen-bond donors (Lipinski definition) is 0. The first-order chi connectivity index (χ1) is 12.6. The molecule has 0 aliphatic carbocycles. The summed E-state index contributed by atoms with van der Waals surface area (Å²) in [6, 6.07) is 18.5. The number of amides is 1. The summed E-state index contributed by atoms with van der Waals surface area (Å²) >= 11 is 1.59. The van der Waals surface area contributed by atoms with Crippen LogP contribution in [0.5, 0.6) is 0 Å². The first-order valence-corrected chi connectivity index (χ1v) is 9.57. The zero-order chi connectivity index (χ0) is 18.3. The Kier molecular flexibility index (Phi) is 4.21. The molecule has 3 aromatic carbocycles. The van der Waals surface area contributed by atoms with Crippen LogP contribution >= 0.6 is 11.3 Å². The second-order valence-electron chi connectivity index (χ2n) is 6.50. The first-order valence-electron chi connectivity index (χ1n) is 8.76. The Balaban J connectivity index is 1.96. The second-order valence-corrected chi connectivity index (χ2v) is 7.48. The summed E-state index contributed by atoms with van der Waals surface area (Å²) in [6.07, 6.45) is 0. The van der Waals surface area contributed by atoms with Gasteiger partial charge in [-0.15, -0.1) is 0 Å². The van der Waals surface area contributed by atoms with Crippen molar-refractivity contribution in [2.24, 2.45) is 4.99 Å². The standard InChI is InChI=1S/C22H20N2OS/c1-4-24-19-12-11-16-7-5-6-8-17(16)20(19)26-22(24)23-21(25)18-13-14(2)9-10-15(18)3/h5-13H,4H2,1-3H3. The number of aryl methyl sites for hydroxylation is 3. The zero-order valence-corrected chi connectivity index (χ0v) is 15.9. The lowest BCUT2D eigenvalue weighted by Gasteiger charge is -2.03. The molecule has 0 N–H and O–H groups in total. The van der Waals surface area contributed by atoms with Crippen LogP contribution in [0.4, 0.5) is 0 Å². The summed E-state index contributed by atoms with van der Waals surface area (Å²) in [5, 5.41) is 2.41. The molecule has 0 aliphatic rings. The Morgan fingerprint density at radius 2 is 1.88 bits per heavy atom. The quantitative estimate of drug-likeness (QED) is 0.482. The summed E-state index contributed by atoms with van der Waals surface area (Å²) in [7, 11) is 0. The van der Waals surface area contributed by atoms with Crippen molar-refractivity contribution < 1.29 is 4.79 Å². The maximum Gasteiger partial charge on any atom is 0.279 e. The lowest BCUT2D eigenvalue weighted by Crippen LogP contribution is -2.16. The predicted molar refractivity (Wildman–Crippen MR) is 109 cm³/mol. The third kappa shape index (κ3) is 2.76. The van der Waals surface area contributed by atoms with E-state index in [-0.39, 0.29) is 5.91 Å². The van der Waals surface area contributed by atoms with E-state index in [0.29, 0.717) is 5.56 Å². The third-order valence-electron chi connectivity index (χ3n) is 4.71. The van der Waals surface area contributed by atoms with Crippen LogP contribution in [-0.4, -0.2) is 10.5 Å². The summed E-state index contributed by atoms with van der Waals surface area (Å²) in [6.45, 7) is 6.81. The Morgan fingerprint density at radius 1 is 1.08 bits per heavy atom. The minimum absolute atomic E-state index is 0.177. The molecule has 0 aliphatic heterocycles. The van der Waals surface area contributed by atoms with Crippen molar-refractivity contribution in [2.45, 2.75) is 27.3 Å². The summed E-state index contributed by atoms with van der Waals surface area (Å²) in [5.41, 5.74) is 3.83. The molecule has 3 nitrogen and oxygen atoms in total. The Labute approximate surface area is 156 Å². The van der Waals surface area contributed by atoms with Gasteiger partial charge in [0.05, 0.1) is 10.2 Å². The van der Waals surface area contributed by atoms with Crippen LogP contribution in [0.1, 0.15) is 28.4 Å². The fourth-order valence-electron chi connectivity index (χ4n) is 3.30. The third-order valence-corrected chi connectivity index (χ3v) is 5.84. The van der Waals surface area contributed by atoms with Crippen LogP contribution in [-0.2, 0) is 6.54 Å². The molecule has 0 unspecified atom stereocenters. The number of rotatable bonds is 2. The van der Waals surface area contributed by atoms with Gasteiger partial charge in [0.25, 0.3) is 5.91 Å². The molecule has 4 aromatic rings. The van der Waals surface area contributed by atoms with Gasteiger partial charge >= 0.3 is 0 Å². The molecule has 1 aromatic heterocycles. The van der Waals surface area contributed by atoms with Gasteiger partial charge in [-0.25, -0.2) is 0 Å². The molecule has 0 bridgehead atoms. The number of fused-ring (bicyclic) bond motifs is 3. The van der Waals surface area contributed by atoms with E-state index in [4.69, 9.17) is 0 Å². The Morgan fingerprint density at radius 3 is 2.69 bits per heavy atom. The smallest absolute Gasteiger partial charge is 0.279 e. The summed E-state index contributed by atoms with van der Waals surface area (Å²) in [4.78, 5) is 18.1. The highest BCUT2D eigenvalue weighted by atomic mass is 32.1. The SMILES string of the molecule is CCn1c(=NC(=O)c2cc(C)ccc2C)sc2c3ccccc3ccc21. The van der Waals surface area contributed by atoms with Gasteiger partial charge in [-0.1, -0.05) is 59.4 Å². The number of nitrogens with zero attached hydrogens (tertiary/aromatic N) is 2. The molecule has 0 saturated carbocycles. The summed E-state index contributed by atoms with van der Waals surface area (Å²) in [5.74, 6) is -0.177. The van der Waals surface area contributed by atoms with Crippen molar-refractivity contribution in [3.05, 3.63) is 76.1 Å². The highest BCUT2D eigenvalue weighted by Crippen LogP contribution is 2.27. The van der Waals surface area contributed by atoms with Gasteiger partial charge in [-0.3, -0.25) is 4.79 Å². The highest BCUT2D eigenvalue weighted by Gasteiger charge is 2.12. The number of carbonyl (C=O) groups excluding carboxylic acids is 1. The van der Waals surface area contributed by atoms with Gasteiger partial charge in [0.15, 0.2) is 4.80 Å². The van der Waals surface area contributed by atoms with E-state index in [0.717, 1.165) is 28.0 Å². The van der Waals surface area contributed by atoms with E-state index in [2.05, 4.69) is 46.8 Å². The maximum absolute atomic E-state index is 12.8. The largest absolute Gasteiger partial charge is 0.317 e. The van der Waals surface area contributed by atoms with E-state index < -0.39 is 0 Å². The number of benzene rings is 3. The number of aromatic nitrogens is 1. The van der Waals surface area contributed by atoms with Crippen molar-refractivity contribution >= 4 is 38.2 Å². The van der Waals surface area contributed by atoms with Gasteiger partial charge in [0.1, 0.15) is 0 Å². The number of hydrogen-bond acceptors (Lipinski definition) is 2. The lowest BCUT2D eigenvalue weighted by atomic mass is 10.1. The van der Waals surface area contributed by atoms with Gasteiger partial charge in [-0.05, 0) is 43.9 Å². The van der Waals surface area contributed by atoms with Crippen LogP contribution in [0.25, 0.3) is 21.0 Å². The number of thiazole rings is 1. The van der Waals surface area contributed by atoms with Crippen molar-refractivity contribution in [1.29, 1.82) is 0 Å². The second kappa shape index (κ2) is 6.54. The lowest BCUT2D eigenvalue weighted by molar-refractivity contribution is 0.0997. The molecule has 0 atom stereocenters. The molecular weight excluding hydrogens is 340 g/mol. The van der Waals surface area contributed by atoms with Crippen LogP contribution in [0.3, 0.4) is 0 Å². The van der Waals surface area contributed by atoms with E-state index in [9.17, 15) is 4.79 Å². The van der Waals surface area contributed by atoms with Crippen molar-refractivity contribution in [3.8, 4) is 0 Å². The number of carbonyl (C=O) groups is 1. The molecule has 4 rings (SSSR count). The fraction of sp³-hybridized carbons (Fsp3) is 0.182. The Hall–Kier alpha value is -2.72. The van der Waals surface area contributed by atoms with Gasteiger partial charge in [0, 0.05) is 17.5 Å². The van der Waals surface area contributed by atoms with Gasteiger partial charge in [-0.2, -0.15) is 4.99 Å². The molecule has 1 amide bonds. The van der Waals surface area contributed by atoms with Gasteiger partial charge in [0.2, 0.25) is 0 Å². The Bertz CT molecular complexity index is 1210. The minimum atomic E-state index is -0.177. The maximum atomic E-state index is 12.8. The molecule has 0 radical (unpaired) electrons. The molecule has 0 spiro atoms. The summed E-state index contributed by atoms with van der Waals surface area (Å²) < 4.78 is 3.30. The van der Waals surface area contributed by atoms with Crippen LogP contribution in [0.2, 0.25) is 0 Å². The van der Waals surface area contributed by atoms with Crippen LogP contribution in [0.15, 0.2) is 59.6 Å². The molecule has 4 heteroatoms. The van der Waals surface area contributed by atoms with Gasteiger partial charge < -0.3 is 4.57 Å². The molecule has 130 valence electrons. The monoisotopic (exact) mass is 360 g/mol. The first kappa shape index (κ1) is 16.7. The molecule has 0 fully saturated rings. The van der Waals surface area contributed by atoms with E-state index in [1.165, 1.54) is 15.5 Å². The average Bonchev–Trinajstić information content (AvgIpc) is 3.01. The normalized spacial score (nSPS) is 12.2. The van der Waals surface area contributed by atoms with E-state index in [1.807, 2.05) is 38.1 Å². The molecular formula is C22H20N2OS. The highest BCUT2D eigenvalue weighted by molar-refractivity contribution is 7.17. The van der Waals surface area contributed by atoms with Crippen LogP contribution < -0.4 is 4.80 Å². The van der Waals surface area contributed by atoms with Crippen molar-refractivity contribution in [1.82, 2.24) is 4.57 Å². The fourth-order valence-corrected chi connectivity index (χ4v) is 4.53. The van der Waals surface area contributed by atoms with Crippen LogP contribution in [0, 0.1) is 13.8 Å². The van der Waals surface area contributed by atoms with Crippen molar-refractivity contribution in [3.63, 3.8) is 0 Å². The minimum Gasteiger partial charge on any atom is -0.317 e. The average molecular weight is 360 g/mol. The molecule has 1 heterocycles. The van der Waals surface area contributed by atoms with E-state index in [1.54, 1.807) is 11.3 Å². The zero-order valence-electron chi connectivity index (χ0n) is 15.1.